The highest BCUT2D eigenvalue weighted by molar-refractivity contribution is 5.33. The lowest BCUT2D eigenvalue weighted by Crippen LogP contribution is -2.35. The van der Waals surface area contributed by atoms with Crippen molar-refractivity contribution in [2.75, 3.05) is 13.2 Å². The summed E-state index contributed by atoms with van der Waals surface area (Å²) in [5, 5.41) is 17.3. The third-order valence-electron chi connectivity index (χ3n) is 3.06. The third-order valence-corrected chi connectivity index (χ3v) is 3.06. The van der Waals surface area contributed by atoms with Gasteiger partial charge in [-0.15, -0.1) is 0 Å². The molecule has 2 rings (SSSR count). The summed E-state index contributed by atoms with van der Waals surface area (Å²) >= 11 is 0. The molecule has 0 saturated heterocycles. The summed E-state index contributed by atoms with van der Waals surface area (Å²) in [6.45, 7) is 5.55. The van der Waals surface area contributed by atoms with Crippen LogP contribution < -0.4 is 10.1 Å². The van der Waals surface area contributed by atoms with Gasteiger partial charge in [0, 0.05) is 30.5 Å². The molecular weight excluding hydrogens is 266 g/mol. The number of rotatable bonds is 8. The van der Waals surface area contributed by atoms with E-state index in [9.17, 15) is 5.11 Å². The van der Waals surface area contributed by atoms with Crippen LogP contribution in [0.5, 0.6) is 5.75 Å². The molecule has 0 radical (unpaired) electrons. The number of aromatic nitrogens is 2. The van der Waals surface area contributed by atoms with Crippen LogP contribution in [-0.4, -0.2) is 40.2 Å². The summed E-state index contributed by atoms with van der Waals surface area (Å²) in [6, 6.07) is 10.1. The Hall–Kier alpha value is -1.85. The van der Waals surface area contributed by atoms with Crippen molar-refractivity contribution < 1.29 is 9.84 Å². The van der Waals surface area contributed by atoms with Gasteiger partial charge in [-0.25, -0.2) is 0 Å². The van der Waals surface area contributed by atoms with Crippen molar-refractivity contribution in [3.63, 3.8) is 0 Å². The molecule has 2 aromatic rings. The number of nitrogens with zero attached hydrogens (tertiary/aromatic N) is 2. The van der Waals surface area contributed by atoms with Crippen LogP contribution in [0, 0.1) is 0 Å². The van der Waals surface area contributed by atoms with E-state index in [1.165, 1.54) is 0 Å². The first-order valence-corrected chi connectivity index (χ1v) is 7.24. The van der Waals surface area contributed by atoms with Gasteiger partial charge in [0.05, 0.1) is 6.54 Å². The van der Waals surface area contributed by atoms with Crippen LogP contribution in [0.1, 0.15) is 19.4 Å². The lowest BCUT2D eigenvalue weighted by molar-refractivity contribution is 0.104. The smallest absolute Gasteiger partial charge is 0.124 e. The van der Waals surface area contributed by atoms with Crippen molar-refractivity contribution >= 4 is 0 Å². The Morgan fingerprint density at radius 2 is 2.10 bits per heavy atom. The number of aliphatic hydroxyl groups is 1. The second kappa shape index (κ2) is 7.81. The lowest BCUT2D eigenvalue weighted by Gasteiger charge is -2.16. The average Bonchev–Trinajstić information content (AvgIpc) is 2.97. The van der Waals surface area contributed by atoms with Gasteiger partial charge in [0.2, 0.25) is 0 Å². The minimum Gasteiger partial charge on any atom is -0.490 e. The van der Waals surface area contributed by atoms with Gasteiger partial charge in [0.25, 0.3) is 0 Å². The van der Waals surface area contributed by atoms with Crippen LogP contribution in [0.25, 0.3) is 0 Å². The molecule has 21 heavy (non-hydrogen) atoms. The average molecular weight is 289 g/mol. The van der Waals surface area contributed by atoms with E-state index in [-0.39, 0.29) is 6.61 Å². The summed E-state index contributed by atoms with van der Waals surface area (Å²) in [5.74, 6) is 0.789. The molecule has 0 bridgehead atoms. The molecule has 0 aliphatic carbocycles. The first kappa shape index (κ1) is 15.5. The van der Waals surface area contributed by atoms with Crippen LogP contribution in [0.4, 0.5) is 0 Å². The van der Waals surface area contributed by atoms with Gasteiger partial charge in [-0.05, 0) is 12.1 Å². The molecule has 5 heteroatoms. The molecule has 0 fully saturated rings. The van der Waals surface area contributed by atoms with Gasteiger partial charge in [-0.3, -0.25) is 4.68 Å². The molecule has 0 spiro atoms. The second-order valence-corrected chi connectivity index (χ2v) is 5.34. The maximum Gasteiger partial charge on any atom is 0.124 e. The van der Waals surface area contributed by atoms with E-state index < -0.39 is 6.10 Å². The quantitative estimate of drug-likeness (QED) is 0.776. The zero-order chi connectivity index (χ0) is 15.1. The first-order chi connectivity index (χ1) is 10.1. The zero-order valence-electron chi connectivity index (χ0n) is 12.6. The van der Waals surface area contributed by atoms with Gasteiger partial charge in [-0.1, -0.05) is 32.0 Å². The molecular formula is C16H23N3O2. The Kier molecular flexibility index (Phi) is 5.78. The van der Waals surface area contributed by atoms with E-state index >= 15 is 0 Å². The third kappa shape index (κ3) is 5.21. The van der Waals surface area contributed by atoms with E-state index in [4.69, 9.17) is 4.74 Å². The van der Waals surface area contributed by atoms with Gasteiger partial charge >= 0.3 is 0 Å². The van der Waals surface area contributed by atoms with E-state index in [1.807, 2.05) is 55.1 Å². The van der Waals surface area contributed by atoms with Crippen LogP contribution in [0.2, 0.25) is 0 Å². The first-order valence-electron chi connectivity index (χ1n) is 7.24. The van der Waals surface area contributed by atoms with Crippen molar-refractivity contribution in [3.05, 3.63) is 48.3 Å². The second-order valence-electron chi connectivity index (χ2n) is 5.34. The lowest BCUT2D eigenvalue weighted by atomic mass is 10.2. The maximum absolute atomic E-state index is 9.90. The normalized spacial score (nSPS) is 12.6. The van der Waals surface area contributed by atoms with Crippen molar-refractivity contribution in [1.82, 2.24) is 15.1 Å². The molecule has 1 atom stereocenters. The predicted molar refractivity (Wildman–Crippen MR) is 82.4 cm³/mol. The van der Waals surface area contributed by atoms with Gasteiger partial charge in [-0.2, -0.15) is 5.10 Å². The summed E-state index contributed by atoms with van der Waals surface area (Å²) in [5.41, 5.74) is 1.05. The molecule has 5 nitrogen and oxygen atoms in total. The largest absolute Gasteiger partial charge is 0.490 e. The topological polar surface area (TPSA) is 59.3 Å². The minimum atomic E-state index is -0.523. The Balaban J connectivity index is 1.90. The van der Waals surface area contributed by atoms with Gasteiger partial charge in [0.1, 0.15) is 18.5 Å². The zero-order valence-corrected chi connectivity index (χ0v) is 12.6. The monoisotopic (exact) mass is 289 g/mol. The van der Waals surface area contributed by atoms with Gasteiger partial charge < -0.3 is 15.2 Å². The van der Waals surface area contributed by atoms with E-state index in [1.54, 1.807) is 6.20 Å². The molecule has 0 aliphatic rings. The number of hydrogen-bond donors (Lipinski definition) is 2. The van der Waals surface area contributed by atoms with E-state index in [0.717, 1.165) is 11.3 Å². The van der Waals surface area contributed by atoms with Crippen molar-refractivity contribution in [3.8, 4) is 5.75 Å². The predicted octanol–water partition coefficient (Wildman–Crippen LogP) is 1.67. The van der Waals surface area contributed by atoms with Crippen LogP contribution in [0.15, 0.2) is 42.7 Å². The molecule has 1 heterocycles. The fourth-order valence-electron chi connectivity index (χ4n) is 1.96. The Morgan fingerprint density at radius 3 is 2.81 bits per heavy atom. The summed E-state index contributed by atoms with van der Waals surface area (Å²) in [6.07, 6.45) is 3.15. The van der Waals surface area contributed by atoms with Gasteiger partial charge in [0.15, 0.2) is 0 Å². The number of para-hydroxylation sites is 1. The van der Waals surface area contributed by atoms with Crippen molar-refractivity contribution in [2.45, 2.75) is 32.5 Å². The summed E-state index contributed by atoms with van der Waals surface area (Å²) in [4.78, 5) is 0. The molecule has 1 aromatic heterocycles. The summed E-state index contributed by atoms with van der Waals surface area (Å²) in [7, 11) is 0. The van der Waals surface area contributed by atoms with E-state index in [2.05, 4.69) is 10.4 Å². The number of hydrogen-bond acceptors (Lipinski definition) is 4. The molecule has 2 N–H and O–H groups in total. The summed E-state index contributed by atoms with van der Waals surface area (Å²) < 4.78 is 7.60. The van der Waals surface area contributed by atoms with Crippen LogP contribution in [0.3, 0.4) is 0 Å². The maximum atomic E-state index is 9.90. The molecule has 0 saturated carbocycles. The van der Waals surface area contributed by atoms with Crippen LogP contribution >= 0.6 is 0 Å². The fourth-order valence-corrected chi connectivity index (χ4v) is 1.96. The molecule has 0 aliphatic heterocycles. The molecule has 0 amide bonds. The number of ether oxygens (including phenoxy) is 1. The highest BCUT2D eigenvalue weighted by Crippen LogP contribution is 2.19. The molecule has 0 unspecified atom stereocenters. The van der Waals surface area contributed by atoms with Crippen LogP contribution in [-0.2, 0) is 6.54 Å². The Morgan fingerprint density at radius 1 is 1.29 bits per heavy atom. The highest BCUT2D eigenvalue weighted by atomic mass is 16.5. The standard InChI is InChI=1S/C16H23N3O2/c1-13(2)17-10-15(20)12-21-16-7-4-3-6-14(16)11-19-9-5-8-18-19/h3-9,13,15,17,20H,10-12H2,1-2H3/t15-/m1/s1. The van der Waals surface area contributed by atoms with Crippen molar-refractivity contribution in [1.29, 1.82) is 0 Å². The highest BCUT2D eigenvalue weighted by Gasteiger charge is 2.09. The Labute approximate surface area is 125 Å². The SMILES string of the molecule is CC(C)NC[C@@H](O)COc1ccccc1Cn1cccn1. The number of nitrogens with one attached hydrogen (secondary N) is 1. The minimum absolute atomic E-state index is 0.274. The Bertz CT molecular complexity index is 526. The number of aliphatic hydroxyl groups excluding tert-OH is 1. The molecule has 114 valence electrons. The van der Waals surface area contributed by atoms with E-state index in [0.29, 0.717) is 19.1 Å². The fraction of sp³-hybridized carbons (Fsp3) is 0.438. The van der Waals surface area contributed by atoms with Crippen molar-refractivity contribution in [2.24, 2.45) is 0 Å². The number of benzene rings is 1. The molecule has 1 aromatic carbocycles.